The Hall–Kier alpha value is -6.24. The Labute approximate surface area is 336 Å². The fourth-order valence-electron chi connectivity index (χ4n) is 7.87. The van der Waals surface area contributed by atoms with E-state index in [9.17, 15) is 0 Å². The molecule has 290 valence electrons. The lowest BCUT2D eigenvalue weighted by Gasteiger charge is -2.29. The molecule has 9 rings (SSSR count). The first-order valence-electron chi connectivity index (χ1n) is 19.0. The maximum Gasteiger partial charge on any atom is 0.204 e. The highest BCUT2D eigenvalue weighted by atomic mass is 16.8. The normalized spacial score (nSPS) is 18.1. The van der Waals surface area contributed by atoms with Gasteiger partial charge >= 0.3 is 0 Å². The second-order valence-electron chi connectivity index (χ2n) is 13.8. The minimum Gasteiger partial charge on any atom is -0.354 e. The van der Waals surface area contributed by atoms with Crippen molar-refractivity contribution < 1.29 is 28.4 Å². The van der Waals surface area contributed by atoms with E-state index < -0.39 is 25.2 Å². The standard InChI is InChI=1S/C48H42N4O6/c1-53-45-41-37(29-17-9-5-10-18-29)33-25-26-35(49-33)39(31-21-13-7-14-22-31)43-47(55-3)58-48(56-4)44(52-43)40(32-23-15-8-16-24-32)36-28-27-34(50-36)38(30-19-11-6-12-20-30)42(51-41)46(54-2)57-45/h5-28,45-50H,1-4H3/t45-,46-,47-,48-/m1/s1. The monoisotopic (exact) mass is 770 g/mol. The molecule has 0 saturated carbocycles. The Morgan fingerprint density at radius 2 is 0.569 bits per heavy atom. The average molecular weight is 771 g/mol. The molecule has 0 saturated heterocycles. The van der Waals surface area contributed by atoms with Gasteiger partial charge in [0.25, 0.3) is 0 Å². The summed E-state index contributed by atoms with van der Waals surface area (Å²) in [5.74, 6) is 0. The molecule has 3 aromatic heterocycles. The number of nitrogens with one attached hydrogen (secondary N) is 2. The van der Waals surface area contributed by atoms with Gasteiger partial charge < -0.3 is 38.4 Å². The van der Waals surface area contributed by atoms with Crippen molar-refractivity contribution >= 4 is 22.1 Å². The molecule has 7 aromatic rings. The zero-order valence-electron chi connectivity index (χ0n) is 32.5. The first-order valence-corrected chi connectivity index (χ1v) is 19.0. The molecule has 10 heteroatoms. The van der Waals surface area contributed by atoms with Crippen LogP contribution in [0.3, 0.4) is 0 Å². The van der Waals surface area contributed by atoms with Gasteiger partial charge in [0.2, 0.25) is 25.2 Å². The van der Waals surface area contributed by atoms with Gasteiger partial charge in [-0.2, -0.15) is 0 Å². The van der Waals surface area contributed by atoms with E-state index in [1.54, 1.807) is 28.4 Å². The van der Waals surface area contributed by atoms with Crippen LogP contribution >= 0.6 is 0 Å². The van der Waals surface area contributed by atoms with Gasteiger partial charge in [-0.25, -0.2) is 9.97 Å². The molecular weight excluding hydrogens is 729 g/mol. The number of aromatic amines is 2. The summed E-state index contributed by atoms with van der Waals surface area (Å²) in [5, 5.41) is 0. The van der Waals surface area contributed by atoms with Crippen LogP contribution in [0.15, 0.2) is 146 Å². The van der Waals surface area contributed by atoms with Gasteiger partial charge in [0, 0.05) is 72.8 Å². The third-order valence-corrected chi connectivity index (χ3v) is 10.4. The van der Waals surface area contributed by atoms with E-state index in [2.05, 4.69) is 58.5 Å². The first kappa shape index (κ1) is 37.3. The van der Waals surface area contributed by atoms with Crippen LogP contribution in [0.2, 0.25) is 0 Å². The van der Waals surface area contributed by atoms with E-state index in [0.717, 1.165) is 66.6 Å². The molecule has 4 atom stereocenters. The fourth-order valence-corrected chi connectivity index (χ4v) is 7.87. The smallest absolute Gasteiger partial charge is 0.204 e. The molecule has 2 aliphatic heterocycles. The van der Waals surface area contributed by atoms with Crippen LogP contribution in [0.5, 0.6) is 0 Å². The minimum atomic E-state index is -0.876. The summed E-state index contributed by atoms with van der Waals surface area (Å²) < 4.78 is 37.7. The van der Waals surface area contributed by atoms with Crippen molar-refractivity contribution in [1.29, 1.82) is 0 Å². The lowest BCUT2D eigenvalue weighted by Crippen LogP contribution is -2.22. The highest BCUT2D eigenvalue weighted by molar-refractivity contribution is 5.91. The molecule has 8 bridgehead atoms. The van der Waals surface area contributed by atoms with Gasteiger partial charge in [0.05, 0.1) is 0 Å². The molecule has 0 aliphatic carbocycles. The number of fused-ring (bicyclic) bond motifs is 8. The number of H-pyrrole nitrogens is 2. The molecule has 0 unspecified atom stereocenters. The molecule has 2 N–H and O–H groups in total. The summed E-state index contributed by atoms with van der Waals surface area (Å²) in [5.41, 5.74) is 12.2. The maximum atomic E-state index is 6.69. The largest absolute Gasteiger partial charge is 0.354 e. The van der Waals surface area contributed by atoms with Crippen LogP contribution in [0, 0.1) is 0 Å². The summed E-state index contributed by atoms with van der Waals surface area (Å²) in [6, 6.07) is 48.6. The van der Waals surface area contributed by atoms with Crippen LogP contribution in [0.1, 0.15) is 47.9 Å². The summed E-state index contributed by atoms with van der Waals surface area (Å²) in [7, 11) is 6.45. The number of ether oxygens (including phenoxy) is 6. The van der Waals surface area contributed by atoms with E-state index in [4.69, 9.17) is 38.4 Å². The lowest BCUT2D eigenvalue weighted by atomic mass is 10.0. The van der Waals surface area contributed by atoms with E-state index in [1.807, 2.05) is 97.1 Å². The zero-order valence-corrected chi connectivity index (χ0v) is 32.5. The summed E-state index contributed by atoms with van der Waals surface area (Å²) in [6.07, 6.45) is -3.51. The Morgan fingerprint density at radius 3 is 0.776 bits per heavy atom. The van der Waals surface area contributed by atoms with Crippen LogP contribution < -0.4 is 0 Å². The Bertz CT molecular complexity index is 2340. The van der Waals surface area contributed by atoms with Crippen LogP contribution in [0.4, 0.5) is 0 Å². The predicted octanol–water partition coefficient (Wildman–Crippen LogP) is 11.0. The molecule has 0 spiro atoms. The second kappa shape index (κ2) is 16.3. The highest BCUT2D eigenvalue weighted by Gasteiger charge is 2.35. The van der Waals surface area contributed by atoms with Gasteiger partial charge in [-0.15, -0.1) is 0 Å². The number of hydrogen-bond donors (Lipinski definition) is 2. The Kier molecular flexibility index (Phi) is 10.5. The van der Waals surface area contributed by atoms with Gasteiger partial charge in [-0.05, 0) is 46.5 Å². The summed E-state index contributed by atoms with van der Waals surface area (Å²) >= 11 is 0. The van der Waals surface area contributed by atoms with Gasteiger partial charge in [0.15, 0.2) is 0 Å². The SMILES string of the molecule is CO[C@@H]1O[C@@H](OC)c2nc1c(-c1ccccc1)c1ccc([nH]1)c(-c1ccccc1)c1nc(c(-c3ccccc3)c3ccc([nH]3)c2-c2ccccc2)[C@H](OC)O[C@H]1OC. The third-order valence-electron chi connectivity index (χ3n) is 10.4. The second-order valence-corrected chi connectivity index (χ2v) is 13.8. The molecule has 10 nitrogen and oxygen atoms in total. The van der Waals surface area contributed by atoms with Gasteiger partial charge in [0.1, 0.15) is 22.8 Å². The van der Waals surface area contributed by atoms with Crippen molar-refractivity contribution in [3.05, 3.63) is 168 Å². The van der Waals surface area contributed by atoms with Crippen LogP contribution in [-0.4, -0.2) is 48.4 Å². The number of benzene rings is 4. The number of hydrogen-bond acceptors (Lipinski definition) is 8. The number of nitrogens with zero attached hydrogens (tertiary/aromatic N) is 2. The highest BCUT2D eigenvalue weighted by Crippen LogP contribution is 2.45. The van der Waals surface area contributed by atoms with Crippen molar-refractivity contribution in [1.82, 2.24) is 19.9 Å². The maximum absolute atomic E-state index is 6.69. The third kappa shape index (κ3) is 6.81. The van der Waals surface area contributed by atoms with Crippen molar-refractivity contribution in [2.75, 3.05) is 28.4 Å². The Morgan fingerprint density at radius 1 is 0.345 bits per heavy atom. The zero-order chi connectivity index (χ0) is 39.6. The summed E-state index contributed by atoms with van der Waals surface area (Å²) in [4.78, 5) is 18.5. The molecular formula is C48H42N4O6. The van der Waals surface area contributed by atoms with Gasteiger partial charge in [-0.1, -0.05) is 121 Å². The van der Waals surface area contributed by atoms with Crippen molar-refractivity contribution in [3.8, 4) is 44.5 Å². The summed E-state index contributed by atoms with van der Waals surface area (Å²) in [6.45, 7) is 0. The quantitative estimate of drug-likeness (QED) is 0.157. The average Bonchev–Trinajstić information content (AvgIpc) is 3.96. The van der Waals surface area contributed by atoms with E-state index >= 15 is 0 Å². The molecule has 2 aliphatic rings. The number of aromatic nitrogens is 4. The van der Waals surface area contributed by atoms with Crippen molar-refractivity contribution in [2.24, 2.45) is 0 Å². The van der Waals surface area contributed by atoms with Crippen LogP contribution in [0.25, 0.3) is 66.6 Å². The Balaban J connectivity index is 1.57. The molecule has 58 heavy (non-hydrogen) atoms. The van der Waals surface area contributed by atoms with E-state index in [0.29, 0.717) is 22.8 Å². The van der Waals surface area contributed by atoms with Crippen molar-refractivity contribution in [2.45, 2.75) is 25.2 Å². The number of rotatable bonds is 8. The molecule has 0 amide bonds. The van der Waals surface area contributed by atoms with E-state index in [-0.39, 0.29) is 0 Å². The molecule has 0 radical (unpaired) electrons. The molecule has 4 aromatic carbocycles. The minimum absolute atomic E-state index is 0.571. The molecule has 5 heterocycles. The van der Waals surface area contributed by atoms with E-state index in [1.165, 1.54) is 0 Å². The first-order chi connectivity index (χ1) is 28.6. The van der Waals surface area contributed by atoms with Gasteiger partial charge in [-0.3, -0.25) is 0 Å². The predicted molar refractivity (Wildman–Crippen MR) is 224 cm³/mol. The van der Waals surface area contributed by atoms with Crippen LogP contribution in [-0.2, 0) is 28.4 Å². The number of methoxy groups -OCH3 is 4. The molecule has 0 fully saturated rings. The fraction of sp³-hybridized carbons (Fsp3) is 0.167. The topological polar surface area (TPSA) is 113 Å². The van der Waals surface area contributed by atoms with Crippen molar-refractivity contribution in [3.63, 3.8) is 0 Å². The lowest BCUT2D eigenvalue weighted by molar-refractivity contribution is -0.247.